The molecule has 2 unspecified atom stereocenters. The predicted molar refractivity (Wildman–Crippen MR) is 65.7 cm³/mol. The molecule has 2 aliphatic heterocycles. The summed E-state index contributed by atoms with van der Waals surface area (Å²) in [6.07, 6.45) is 7.01. The SMILES string of the molecule is Cn1ccc(CC2(O)CCN3CCCC3C2)n1. The summed E-state index contributed by atoms with van der Waals surface area (Å²) < 4.78 is 1.81. The number of nitrogens with zero attached hydrogens (tertiary/aromatic N) is 3. The van der Waals surface area contributed by atoms with E-state index < -0.39 is 5.60 Å². The molecular formula is C13H21N3O. The first-order valence-corrected chi connectivity index (χ1v) is 6.60. The molecule has 0 bridgehead atoms. The van der Waals surface area contributed by atoms with Crippen LogP contribution in [0.3, 0.4) is 0 Å². The Morgan fingerprint density at radius 2 is 2.41 bits per heavy atom. The molecule has 17 heavy (non-hydrogen) atoms. The molecule has 2 fully saturated rings. The summed E-state index contributed by atoms with van der Waals surface area (Å²) in [6, 6.07) is 2.62. The predicted octanol–water partition coefficient (Wildman–Crippen LogP) is 0.952. The van der Waals surface area contributed by atoms with Gasteiger partial charge in [-0.15, -0.1) is 0 Å². The van der Waals surface area contributed by atoms with Gasteiger partial charge < -0.3 is 10.0 Å². The Labute approximate surface area is 102 Å². The van der Waals surface area contributed by atoms with Gasteiger partial charge >= 0.3 is 0 Å². The zero-order chi connectivity index (χ0) is 11.9. The highest BCUT2D eigenvalue weighted by molar-refractivity contribution is 5.06. The third kappa shape index (κ3) is 2.24. The molecule has 94 valence electrons. The first-order valence-electron chi connectivity index (χ1n) is 6.60. The molecule has 0 radical (unpaired) electrons. The lowest BCUT2D eigenvalue weighted by atomic mass is 9.83. The molecule has 3 rings (SSSR count). The fourth-order valence-electron chi connectivity index (χ4n) is 3.37. The van der Waals surface area contributed by atoms with Crippen LogP contribution in [0, 0.1) is 0 Å². The standard InChI is InChI=1S/C13H21N3O/c1-15-7-4-11(14-15)9-13(17)5-8-16-6-2-3-12(16)10-13/h4,7,12,17H,2-3,5-6,8-10H2,1H3. The lowest BCUT2D eigenvalue weighted by Crippen LogP contribution is -2.48. The van der Waals surface area contributed by atoms with Crippen molar-refractivity contribution in [2.75, 3.05) is 13.1 Å². The van der Waals surface area contributed by atoms with Gasteiger partial charge in [0.25, 0.3) is 0 Å². The lowest BCUT2D eigenvalue weighted by molar-refractivity contribution is -0.0360. The number of hydrogen-bond acceptors (Lipinski definition) is 3. The van der Waals surface area contributed by atoms with Gasteiger partial charge in [0.2, 0.25) is 0 Å². The largest absolute Gasteiger partial charge is 0.389 e. The van der Waals surface area contributed by atoms with Crippen LogP contribution in [0.1, 0.15) is 31.4 Å². The van der Waals surface area contributed by atoms with Gasteiger partial charge in [-0.05, 0) is 38.3 Å². The first-order chi connectivity index (χ1) is 8.15. The van der Waals surface area contributed by atoms with Crippen molar-refractivity contribution in [2.45, 2.75) is 43.7 Å². The summed E-state index contributed by atoms with van der Waals surface area (Å²) in [5.41, 5.74) is 0.487. The number of aromatic nitrogens is 2. The van der Waals surface area contributed by atoms with Crippen molar-refractivity contribution in [3.8, 4) is 0 Å². The second kappa shape index (κ2) is 4.10. The highest BCUT2D eigenvalue weighted by atomic mass is 16.3. The summed E-state index contributed by atoms with van der Waals surface area (Å²) >= 11 is 0. The number of hydrogen-bond donors (Lipinski definition) is 1. The van der Waals surface area contributed by atoms with E-state index in [0.717, 1.165) is 25.1 Å². The topological polar surface area (TPSA) is 41.3 Å². The van der Waals surface area contributed by atoms with Crippen molar-refractivity contribution >= 4 is 0 Å². The number of piperidine rings is 1. The van der Waals surface area contributed by atoms with E-state index in [4.69, 9.17) is 0 Å². The Balaban J connectivity index is 1.69. The minimum absolute atomic E-state index is 0.528. The molecule has 0 aromatic carbocycles. The Hall–Kier alpha value is -0.870. The molecule has 1 aromatic rings. The first kappa shape index (κ1) is 11.2. The second-order valence-corrected chi connectivity index (χ2v) is 5.67. The van der Waals surface area contributed by atoms with Gasteiger partial charge in [-0.2, -0.15) is 5.10 Å². The summed E-state index contributed by atoms with van der Waals surface area (Å²) in [6.45, 7) is 2.28. The quantitative estimate of drug-likeness (QED) is 0.830. The number of aryl methyl sites for hydroxylation is 1. The molecule has 0 aliphatic carbocycles. The van der Waals surface area contributed by atoms with Gasteiger partial charge in [-0.1, -0.05) is 0 Å². The van der Waals surface area contributed by atoms with E-state index in [2.05, 4.69) is 10.00 Å². The van der Waals surface area contributed by atoms with Gasteiger partial charge in [0.05, 0.1) is 11.3 Å². The van der Waals surface area contributed by atoms with Crippen LogP contribution in [-0.2, 0) is 13.5 Å². The maximum atomic E-state index is 10.7. The van der Waals surface area contributed by atoms with E-state index in [-0.39, 0.29) is 0 Å². The summed E-state index contributed by atoms with van der Waals surface area (Å²) in [4.78, 5) is 2.53. The molecule has 0 saturated carbocycles. The van der Waals surface area contributed by atoms with E-state index in [0.29, 0.717) is 12.5 Å². The van der Waals surface area contributed by atoms with Crippen LogP contribution in [0.15, 0.2) is 12.3 Å². The van der Waals surface area contributed by atoms with E-state index in [1.165, 1.54) is 19.4 Å². The molecule has 1 N–H and O–H groups in total. The average molecular weight is 235 g/mol. The third-order valence-electron chi connectivity index (χ3n) is 4.26. The molecule has 0 spiro atoms. The van der Waals surface area contributed by atoms with E-state index in [1.54, 1.807) is 0 Å². The third-order valence-corrected chi connectivity index (χ3v) is 4.26. The van der Waals surface area contributed by atoms with Gasteiger partial charge in [0, 0.05) is 32.3 Å². The van der Waals surface area contributed by atoms with Crippen molar-refractivity contribution in [2.24, 2.45) is 7.05 Å². The highest BCUT2D eigenvalue weighted by Crippen LogP contribution is 2.34. The van der Waals surface area contributed by atoms with Crippen LogP contribution in [0.4, 0.5) is 0 Å². The maximum Gasteiger partial charge on any atom is 0.0730 e. The van der Waals surface area contributed by atoms with Gasteiger partial charge in [-0.3, -0.25) is 4.68 Å². The van der Waals surface area contributed by atoms with E-state index in [9.17, 15) is 5.11 Å². The molecule has 4 nitrogen and oxygen atoms in total. The normalized spacial score (nSPS) is 33.9. The number of fused-ring (bicyclic) bond motifs is 1. The minimum atomic E-state index is -0.528. The molecule has 2 atom stereocenters. The Bertz CT molecular complexity index is 403. The van der Waals surface area contributed by atoms with Crippen molar-refractivity contribution in [1.29, 1.82) is 0 Å². The zero-order valence-electron chi connectivity index (χ0n) is 10.5. The van der Waals surface area contributed by atoms with Crippen molar-refractivity contribution in [3.63, 3.8) is 0 Å². The molecule has 2 saturated heterocycles. The molecular weight excluding hydrogens is 214 g/mol. The van der Waals surface area contributed by atoms with Gasteiger partial charge in [-0.25, -0.2) is 0 Å². The van der Waals surface area contributed by atoms with Crippen LogP contribution in [0.5, 0.6) is 0 Å². The molecule has 3 heterocycles. The van der Waals surface area contributed by atoms with Gasteiger partial charge in [0.15, 0.2) is 0 Å². The molecule has 4 heteroatoms. The monoisotopic (exact) mass is 235 g/mol. The minimum Gasteiger partial charge on any atom is -0.389 e. The second-order valence-electron chi connectivity index (χ2n) is 5.67. The van der Waals surface area contributed by atoms with Crippen LogP contribution in [-0.4, -0.2) is 44.5 Å². The van der Waals surface area contributed by atoms with E-state index in [1.807, 2.05) is 24.0 Å². The number of aliphatic hydroxyl groups is 1. The number of rotatable bonds is 2. The van der Waals surface area contributed by atoms with Crippen LogP contribution in [0.2, 0.25) is 0 Å². The van der Waals surface area contributed by atoms with Crippen LogP contribution >= 0.6 is 0 Å². The highest BCUT2D eigenvalue weighted by Gasteiger charge is 2.40. The molecule has 1 aromatic heterocycles. The smallest absolute Gasteiger partial charge is 0.0730 e. The lowest BCUT2D eigenvalue weighted by Gasteiger charge is -2.40. The fourth-order valence-corrected chi connectivity index (χ4v) is 3.37. The molecule has 2 aliphatic rings. The van der Waals surface area contributed by atoms with Crippen molar-refractivity contribution < 1.29 is 5.11 Å². The Morgan fingerprint density at radius 3 is 3.18 bits per heavy atom. The van der Waals surface area contributed by atoms with Gasteiger partial charge in [0.1, 0.15) is 0 Å². The van der Waals surface area contributed by atoms with Crippen LogP contribution in [0.25, 0.3) is 0 Å². The summed E-state index contributed by atoms with van der Waals surface area (Å²) in [5.74, 6) is 0. The summed E-state index contributed by atoms with van der Waals surface area (Å²) in [5, 5.41) is 15.1. The van der Waals surface area contributed by atoms with E-state index >= 15 is 0 Å². The maximum absolute atomic E-state index is 10.7. The Morgan fingerprint density at radius 1 is 1.53 bits per heavy atom. The van der Waals surface area contributed by atoms with Crippen molar-refractivity contribution in [1.82, 2.24) is 14.7 Å². The van der Waals surface area contributed by atoms with Crippen molar-refractivity contribution in [3.05, 3.63) is 18.0 Å². The Kier molecular flexibility index (Phi) is 2.71. The van der Waals surface area contributed by atoms with Crippen LogP contribution < -0.4 is 0 Å². The zero-order valence-corrected chi connectivity index (χ0v) is 10.5. The molecule has 0 amide bonds. The average Bonchev–Trinajstić information content (AvgIpc) is 2.86. The summed E-state index contributed by atoms with van der Waals surface area (Å²) in [7, 11) is 1.92. The fraction of sp³-hybridized carbons (Fsp3) is 0.769.